The van der Waals surface area contributed by atoms with Crippen LogP contribution < -0.4 is 10.6 Å². The van der Waals surface area contributed by atoms with Crippen molar-refractivity contribution < 1.29 is 9.90 Å². The van der Waals surface area contributed by atoms with E-state index in [9.17, 15) is 4.79 Å². The molecule has 0 saturated carbocycles. The van der Waals surface area contributed by atoms with Crippen LogP contribution in [-0.4, -0.2) is 24.1 Å². The maximum Gasteiger partial charge on any atom is 0.221 e. The van der Waals surface area contributed by atoms with Crippen LogP contribution in [-0.2, 0) is 17.9 Å². The number of carbonyl (C=O) groups is 1. The number of nitrogens with one attached hydrogen (secondary N) is 2. The van der Waals surface area contributed by atoms with Gasteiger partial charge in [0.25, 0.3) is 0 Å². The molecule has 0 fully saturated rings. The Morgan fingerprint density at radius 3 is 2.82 bits per heavy atom. The molecule has 4 heteroatoms. The molecule has 1 aromatic carbocycles. The number of benzene rings is 1. The highest BCUT2D eigenvalue weighted by Gasteiger charge is 2.01. The van der Waals surface area contributed by atoms with E-state index in [1.807, 2.05) is 31.2 Å². The highest BCUT2D eigenvalue weighted by molar-refractivity contribution is 5.76. The summed E-state index contributed by atoms with van der Waals surface area (Å²) < 4.78 is 0. The van der Waals surface area contributed by atoms with Gasteiger partial charge in [0, 0.05) is 19.5 Å². The van der Waals surface area contributed by atoms with Crippen LogP contribution in [0, 0.1) is 0 Å². The van der Waals surface area contributed by atoms with Gasteiger partial charge in [-0.15, -0.1) is 0 Å². The highest BCUT2D eigenvalue weighted by Crippen LogP contribution is 2.04. The molecule has 0 aliphatic rings. The number of rotatable bonds is 7. The predicted octanol–water partition coefficient (Wildman–Crippen LogP) is 0.795. The Balaban J connectivity index is 2.31. The summed E-state index contributed by atoms with van der Waals surface area (Å²) in [5.74, 6) is 0.0420. The number of aliphatic hydroxyl groups is 1. The van der Waals surface area contributed by atoms with Crippen molar-refractivity contribution in [2.45, 2.75) is 26.5 Å². The van der Waals surface area contributed by atoms with Crippen LogP contribution in [0.2, 0.25) is 0 Å². The van der Waals surface area contributed by atoms with Gasteiger partial charge >= 0.3 is 0 Å². The summed E-state index contributed by atoms with van der Waals surface area (Å²) in [7, 11) is 0. The van der Waals surface area contributed by atoms with Crippen molar-refractivity contribution in [2.75, 3.05) is 13.1 Å². The Hall–Kier alpha value is -1.39. The van der Waals surface area contributed by atoms with Crippen LogP contribution in [0.3, 0.4) is 0 Å². The van der Waals surface area contributed by atoms with E-state index in [0.717, 1.165) is 17.7 Å². The molecule has 0 heterocycles. The molecule has 0 unspecified atom stereocenters. The van der Waals surface area contributed by atoms with E-state index in [1.165, 1.54) is 0 Å². The lowest BCUT2D eigenvalue weighted by Gasteiger charge is -2.06. The molecule has 0 aromatic heterocycles. The quantitative estimate of drug-likeness (QED) is 0.614. The van der Waals surface area contributed by atoms with E-state index in [2.05, 4.69) is 10.6 Å². The average Bonchev–Trinajstić information content (AvgIpc) is 2.37. The van der Waals surface area contributed by atoms with Crippen LogP contribution in [0.5, 0.6) is 0 Å². The number of amides is 1. The Labute approximate surface area is 102 Å². The van der Waals surface area contributed by atoms with Gasteiger partial charge < -0.3 is 15.7 Å². The van der Waals surface area contributed by atoms with Crippen LogP contribution in [0.4, 0.5) is 0 Å². The molecule has 94 valence electrons. The normalized spacial score (nSPS) is 10.2. The minimum atomic E-state index is 0.0300. The lowest BCUT2D eigenvalue weighted by atomic mass is 10.1. The second-order valence-electron chi connectivity index (χ2n) is 3.86. The zero-order valence-electron chi connectivity index (χ0n) is 10.2. The first-order valence-corrected chi connectivity index (χ1v) is 5.92. The van der Waals surface area contributed by atoms with Gasteiger partial charge in [-0.1, -0.05) is 31.2 Å². The number of hydrogen-bond acceptors (Lipinski definition) is 3. The Morgan fingerprint density at radius 1 is 1.35 bits per heavy atom. The summed E-state index contributed by atoms with van der Waals surface area (Å²) in [6.45, 7) is 4.14. The maximum absolute atomic E-state index is 11.4. The first-order chi connectivity index (χ1) is 8.26. The Morgan fingerprint density at radius 2 is 2.12 bits per heavy atom. The second kappa shape index (κ2) is 7.81. The van der Waals surface area contributed by atoms with Gasteiger partial charge in [-0.05, 0) is 17.7 Å². The predicted molar refractivity (Wildman–Crippen MR) is 67.4 cm³/mol. The lowest BCUT2D eigenvalue weighted by molar-refractivity contribution is -0.121. The zero-order valence-corrected chi connectivity index (χ0v) is 10.2. The summed E-state index contributed by atoms with van der Waals surface area (Å²) in [5.41, 5.74) is 1.87. The molecule has 17 heavy (non-hydrogen) atoms. The third kappa shape index (κ3) is 5.47. The van der Waals surface area contributed by atoms with Crippen molar-refractivity contribution in [1.29, 1.82) is 0 Å². The standard InChI is InChI=1S/C13H20N2O2/c1-2-14-7-6-13(17)15-9-11-4-3-5-12(8-11)10-16/h3-5,8,14,16H,2,6-7,9-10H2,1H3,(H,15,17). The topological polar surface area (TPSA) is 61.4 Å². The minimum absolute atomic E-state index is 0.0300. The monoisotopic (exact) mass is 236 g/mol. The zero-order chi connectivity index (χ0) is 12.5. The average molecular weight is 236 g/mol. The first kappa shape index (κ1) is 13.7. The number of carbonyl (C=O) groups excluding carboxylic acids is 1. The van der Waals surface area contributed by atoms with Crippen molar-refractivity contribution in [3.63, 3.8) is 0 Å². The fourth-order valence-corrected chi connectivity index (χ4v) is 1.51. The van der Waals surface area contributed by atoms with Gasteiger partial charge in [0.05, 0.1) is 6.61 Å². The van der Waals surface area contributed by atoms with Crippen molar-refractivity contribution in [1.82, 2.24) is 10.6 Å². The van der Waals surface area contributed by atoms with Gasteiger partial charge in [0.1, 0.15) is 0 Å². The summed E-state index contributed by atoms with van der Waals surface area (Å²) in [4.78, 5) is 11.4. The molecule has 0 aliphatic heterocycles. The van der Waals surface area contributed by atoms with Crippen molar-refractivity contribution >= 4 is 5.91 Å². The molecule has 4 nitrogen and oxygen atoms in total. The molecule has 0 radical (unpaired) electrons. The van der Waals surface area contributed by atoms with Crippen LogP contribution >= 0.6 is 0 Å². The highest BCUT2D eigenvalue weighted by atomic mass is 16.3. The molecule has 3 N–H and O–H groups in total. The van der Waals surface area contributed by atoms with Crippen molar-refractivity contribution in [2.24, 2.45) is 0 Å². The van der Waals surface area contributed by atoms with Gasteiger partial charge in [0.2, 0.25) is 5.91 Å². The van der Waals surface area contributed by atoms with Crippen molar-refractivity contribution in [3.05, 3.63) is 35.4 Å². The van der Waals surface area contributed by atoms with E-state index < -0.39 is 0 Å². The van der Waals surface area contributed by atoms with E-state index >= 15 is 0 Å². The van der Waals surface area contributed by atoms with Crippen LogP contribution in [0.15, 0.2) is 24.3 Å². The van der Waals surface area contributed by atoms with Gasteiger partial charge in [-0.3, -0.25) is 4.79 Å². The molecular weight excluding hydrogens is 216 g/mol. The summed E-state index contributed by atoms with van der Waals surface area (Å²) in [5, 5.41) is 14.9. The van der Waals surface area contributed by atoms with E-state index in [1.54, 1.807) is 0 Å². The van der Waals surface area contributed by atoms with Crippen LogP contribution in [0.1, 0.15) is 24.5 Å². The summed E-state index contributed by atoms with van der Waals surface area (Å²) in [6, 6.07) is 7.57. The molecule has 0 bridgehead atoms. The van der Waals surface area contributed by atoms with Gasteiger partial charge in [0.15, 0.2) is 0 Å². The third-order valence-electron chi connectivity index (χ3n) is 2.44. The van der Waals surface area contributed by atoms with E-state index in [0.29, 0.717) is 19.5 Å². The summed E-state index contributed by atoms with van der Waals surface area (Å²) in [6.07, 6.45) is 0.494. The minimum Gasteiger partial charge on any atom is -0.392 e. The van der Waals surface area contributed by atoms with Crippen molar-refractivity contribution in [3.8, 4) is 0 Å². The lowest BCUT2D eigenvalue weighted by Crippen LogP contribution is -2.27. The molecule has 0 spiro atoms. The molecule has 1 aromatic rings. The molecule has 1 rings (SSSR count). The largest absolute Gasteiger partial charge is 0.392 e. The molecule has 0 aliphatic carbocycles. The van der Waals surface area contributed by atoms with Crippen LogP contribution in [0.25, 0.3) is 0 Å². The van der Waals surface area contributed by atoms with Gasteiger partial charge in [-0.2, -0.15) is 0 Å². The Bertz CT molecular complexity index is 353. The number of aliphatic hydroxyl groups excluding tert-OH is 1. The molecular formula is C13H20N2O2. The Kier molecular flexibility index (Phi) is 6.29. The third-order valence-corrected chi connectivity index (χ3v) is 2.44. The second-order valence-corrected chi connectivity index (χ2v) is 3.86. The van der Waals surface area contributed by atoms with E-state index in [-0.39, 0.29) is 12.5 Å². The fourth-order valence-electron chi connectivity index (χ4n) is 1.51. The molecule has 1 amide bonds. The SMILES string of the molecule is CCNCCC(=O)NCc1cccc(CO)c1. The number of hydrogen-bond donors (Lipinski definition) is 3. The maximum atomic E-state index is 11.4. The molecule has 0 atom stereocenters. The smallest absolute Gasteiger partial charge is 0.221 e. The molecule has 0 saturated heterocycles. The first-order valence-electron chi connectivity index (χ1n) is 5.92. The fraction of sp³-hybridized carbons (Fsp3) is 0.462. The van der Waals surface area contributed by atoms with Gasteiger partial charge in [-0.25, -0.2) is 0 Å². The summed E-state index contributed by atoms with van der Waals surface area (Å²) >= 11 is 0. The van der Waals surface area contributed by atoms with E-state index in [4.69, 9.17) is 5.11 Å².